The van der Waals surface area contributed by atoms with E-state index in [2.05, 4.69) is 9.80 Å². The number of amides is 1. The maximum Gasteiger partial charge on any atom is 0.410 e. The van der Waals surface area contributed by atoms with Gasteiger partial charge in [0.2, 0.25) is 11.6 Å². The summed E-state index contributed by atoms with van der Waals surface area (Å²) in [5.41, 5.74) is 1.96. The highest BCUT2D eigenvalue weighted by molar-refractivity contribution is 6.38. The van der Waals surface area contributed by atoms with Crippen LogP contribution >= 0.6 is 0 Å². The molecule has 3 fully saturated rings. The Labute approximate surface area is 285 Å². The zero-order valence-electron chi connectivity index (χ0n) is 28.9. The highest BCUT2D eigenvalue weighted by Crippen LogP contribution is 2.30. The fraction of sp³-hybridized carbons (Fsp3) is 0.658. The van der Waals surface area contributed by atoms with Crippen molar-refractivity contribution in [2.75, 3.05) is 57.4 Å². The van der Waals surface area contributed by atoms with E-state index in [1.165, 1.54) is 31.4 Å². The summed E-state index contributed by atoms with van der Waals surface area (Å²) in [4.78, 5) is 46.7. The number of carbonyl (C=O) groups excluding carboxylic acids is 3. The lowest BCUT2D eigenvalue weighted by molar-refractivity contribution is -0.140. The van der Waals surface area contributed by atoms with Gasteiger partial charge < -0.3 is 29.3 Å². The van der Waals surface area contributed by atoms with Crippen LogP contribution in [0.2, 0.25) is 0 Å². The monoisotopic (exact) mass is 667 g/mol. The molecule has 3 aliphatic heterocycles. The van der Waals surface area contributed by atoms with Crippen molar-refractivity contribution >= 4 is 29.4 Å². The summed E-state index contributed by atoms with van der Waals surface area (Å²) < 4.78 is 26.3. The molecule has 10 heteroatoms. The summed E-state index contributed by atoms with van der Waals surface area (Å²) in [5.74, 6) is -2.93. The van der Waals surface area contributed by atoms with Crippen LogP contribution < -0.4 is 4.90 Å². The maximum absolute atomic E-state index is 14.8. The van der Waals surface area contributed by atoms with Crippen molar-refractivity contribution in [3.05, 3.63) is 47.3 Å². The van der Waals surface area contributed by atoms with E-state index in [0.717, 1.165) is 31.6 Å². The summed E-state index contributed by atoms with van der Waals surface area (Å²) in [7, 11) is 0. The first kappa shape index (κ1) is 36.2. The highest BCUT2D eigenvalue weighted by Gasteiger charge is 2.34. The van der Waals surface area contributed by atoms with Gasteiger partial charge in [0.25, 0.3) is 0 Å². The molecule has 0 aromatic heterocycles. The minimum atomic E-state index is -0.975. The second-order valence-corrected chi connectivity index (χ2v) is 14.3. The van der Waals surface area contributed by atoms with Gasteiger partial charge in [-0.2, -0.15) is 0 Å². The molecule has 3 heterocycles. The number of nitrogens with zero attached hydrogens (tertiary/aromatic N) is 3. The lowest BCUT2D eigenvalue weighted by Crippen LogP contribution is -2.48. The molecule has 1 aromatic carbocycles. The van der Waals surface area contributed by atoms with Crippen LogP contribution in [0.25, 0.3) is 6.08 Å². The van der Waals surface area contributed by atoms with E-state index in [1.54, 1.807) is 17.9 Å². The normalized spacial score (nSPS) is 30.0. The van der Waals surface area contributed by atoms with Crippen LogP contribution in [0.5, 0.6) is 0 Å². The minimum absolute atomic E-state index is 0.107. The number of carbonyl (C=O) groups is 3. The topological polar surface area (TPSA) is 99.6 Å². The number of ketones is 2. The fourth-order valence-electron chi connectivity index (χ4n) is 7.74. The number of ether oxygens (including phenoxy) is 2. The molecule has 3 saturated heterocycles. The van der Waals surface area contributed by atoms with Crippen molar-refractivity contribution in [2.45, 2.75) is 90.4 Å². The van der Waals surface area contributed by atoms with Gasteiger partial charge in [-0.3, -0.25) is 9.59 Å². The van der Waals surface area contributed by atoms with E-state index >= 15 is 0 Å². The fourth-order valence-corrected chi connectivity index (χ4v) is 7.74. The molecule has 9 nitrogen and oxygen atoms in total. The molecule has 1 N–H and O–H groups in total. The summed E-state index contributed by atoms with van der Waals surface area (Å²) in [6, 6.07) is 5.32. The minimum Gasteiger partial charge on any atom is -0.442 e. The van der Waals surface area contributed by atoms with Crippen LogP contribution in [0.3, 0.4) is 0 Å². The molecule has 5 rings (SSSR count). The molecule has 1 amide bonds. The molecule has 0 bridgehead atoms. The zero-order chi connectivity index (χ0) is 34.2. The van der Waals surface area contributed by atoms with Crippen molar-refractivity contribution in [1.82, 2.24) is 9.80 Å². The van der Waals surface area contributed by atoms with Gasteiger partial charge in [-0.25, -0.2) is 9.18 Å². The summed E-state index contributed by atoms with van der Waals surface area (Å²) in [5, 5.41) is 10.7. The third-order valence-electron chi connectivity index (χ3n) is 10.7. The lowest BCUT2D eigenvalue weighted by atomic mass is 9.80. The van der Waals surface area contributed by atoms with Crippen LogP contribution in [-0.2, 0) is 19.1 Å². The van der Waals surface area contributed by atoms with E-state index < -0.39 is 35.6 Å². The van der Waals surface area contributed by atoms with Gasteiger partial charge in [-0.15, -0.1) is 0 Å². The Morgan fingerprint density at radius 1 is 0.938 bits per heavy atom. The van der Waals surface area contributed by atoms with Crippen LogP contribution in [0.15, 0.2) is 35.9 Å². The van der Waals surface area contributed by atoms with E-state index in [4.69, 9.17) is 9.47 Å². The lowest BCUT2D eigenvalue weighted by Gasteiger charge is -2.40. The van der Waals surface area contributed by atoms with Crippen molar-refractivity contribution in [2.24, 2.45) is 17.8 Å². The molecule has 0 saturated carbocycles. The van der Waals surface area contributed by atoms with Crippen LogP contribution in [0, 0.1) is 23.6 Å². The number of likely N-dealkylation sites (tertiary alicyclic amines) is 2. The molecule has 0 spiro atoms. The average molecular weight is 668 g/mol. The Kier molecular flexibility index (Phi) is 12.8. The number of rotatable bonds is 5. The van der Waals surface area contributed by atoms with Crippen molar-refractivity contribution in [3.8, 4) is 0 Å². The Bertz CT molecular complexity index is 1330. The largest absolute Gasteiger partial charge is 0.442 e. The predicted molar refractivity (Wildman–Crippen MR) is 184 cm³/mol. The summed E-state index contributed by atoms with van der Waals surface area (Å²) in [6.07, 6.45) is 9.88. The number of benzene rings is 1. The molecule has 0 unspecified atom stereocenters. The number of morpholine rings is 1. The third-order valence-corrected chi connectivity index (χ3v) is 10.7. The number of hydrogen-bond acceptors (Lipinski definition) is 8. The van der Waals surface area contributed by atoms with E-state index in [9.17, 15) is 23.9 Å². The van der Waals surface area contributed by atoms with Gasteiger partial charge in [0.1, 0.15) is 11.9 Å². The quantitative estimate of drug-likeness (QED) is 0.318. The van der Waals surface area contributed by atoms with Gasteiger partial charge in [0.05, 0.1) is 25.2 Å². The average Bonchev–Trinajstić information content (AvgIpc) is 3.09. The first-order chi connectivity index (χ1) is 23.1. The Morgan fingerprint density at radius 2 is 1.65 bits per heavy atom. The first-order valence-corrected chi connectivity index (χ1v) is 18.0. The number of hydrogen-bond donors (Lipinski definition) is 1. The number of anilines is 1. The van der Waals surface area contributed by atoms with E-state index in [1.807, 2.05) is 32.1 Å². The number of piperidine rings is 2. The van der Waals surface area contributed by atoms with Crippen LogP contribution in [0.4, 0.5) is 14.9 Å². The van der Waals surface area contributed by atoms with Crippen LogP contribution in [0.1, 0.15) is 77.7 Å². The molecule has 4 aliphatic rings. The second kappa shape index (κ2) is 17.0. The zero-order valence-corrected chi connectivity index (χ0v) is 28.9. The highest BCUT2D eigenvalue weighted by atomic mass is 19.1. The SMILES string of the molecule is C/C(=C\c1cc(F)cc(N2CCOCC2)c1)[C@H]1C(=O)C(=O)C[C@H](O)CC[C@H](C)[C@@H](OC(=O)N2CCC(N3CCCCC3)CC2)/C=C/[C@@H]1C. The Hall–Kier alpha value is -3.08. The maximum atomic E-state index is 14.8. The number of Topliss-reactive ketones (excluding diaryl/α,β-unsaturated/α-hetero) is 2. The summed E-state index contributed by atoms with van der Waals surface area (Å²) >= 11 is 0. The molecular weight excluding hydrogens is 613 g/mol. The van der Waals surface area contributed by atoms with Gasteiger partial charge in [0.15, 0.2) is 0 Å². The van der Waals surface area contributed by atoms with Crippen LogP contribution in [-0.4, -0.2) is 103 Å². The van der Waals surface area contributed by atoms with Gasteiger partial charge in [-0.05, 0) is 100 Å². The first-order valence-electron chi connectivity index (χ1n) is 18.0. The molecule has 48 heavy (non-hydrogen) atoms. The van der Waals surface area contributed by atoms with Gasteiger partial charge >= 0.3 is 6.09 Å². The van der Waals surface area contributed by atoms with Gasteiger partial charge in [-0.1, -0.05) is 38.0 Å². The van der Waals surface area contributed by atoms with E-state index in [0.29, 0.717) is 69.4 Å². The number of aliphatic hydroxyl groups excluding tert-OH is 1. The van der Waals surface area contributed by atoms with Gasteiger partial charge in [0, 0.05) is 44.3 Å². The molecule has 0 radical (unpaired) electrons. The third kappa shape index (κ3) is 9.54. The standard InChI is InChI=1S/C38H54FN3O6/c1-26-7-9-33(43)25-34(44)37(45)36(28(3)21-29-22-30(39)24-32(23-29)41-17-19-47-20-18-41)27(2)8-10-35(26)48-38(46)42-15-11-31(12-16-42)40-13-5-4-6-14-40/h8,10,21-24,26-27,31,33,35-36,43H,4-7,9,11-20,25H2,1-3H3/b10-8+,28-21+/t26-,27-,33+,35-,36-/m0/s1. The van der Waals surface area contributed by atoms with Crippen molar-refractivity contribution in [1.29, 1.82) is 0 Å². The Balaban J connectivity index is 1.33. The molecule has 5 atom stereocenters. The van der Waals surface area contributed by atoms with Crippen molar-refractivity contribution in [3.63, 3.8) is 0 Å². The number of halogens is 1. The van der Waals surface area contributed by atoms with Crippen molar-refractivity contribution < 1.29 is 33.4 Å². The summed E-state index contributed by atoms with van der Waals surface area (Å²) in [6.45, 7) is 11.7. The second-order valence-electron chi connectivity index (χ2n) is 14.3. The van der Waals surface area contributed by atoms with E-state index in [-0.39, 0.29) is 24.2 Å². The molecule has 264 valence electrons. The molecule has 1 aromatic rings. The smallest absolute Gasteiger partial charge is 0.410 e. The predicted octanol–water partition coefficient (Wildman–Crippen LogP) is 5.65. The molecule has 1 aliphatic carbocycles. The Morgan fingerprint density at radius 3 is 2.35 bits per heavy atom. The number of aliphatic hydroxyl groups is 1. The number of allylic oxidation sites excluding steroid dienone is 2. The molecular formula is C38H54FN3O6.